The summed E-state index contributed by atoms with van der Waals surface area (Å²) in [5, 5.41) is 3.09. The van der Waals surface area contributed by atoms with Crippen LogP contribution in [0.1, 0.15) is 53.4 Å². The predicted octanol–water partition coefficient (Wildman–Crippen LogP) is 6.48. The van der Waals surface area contributed by atoms with Crippen LogP contribution in [-0.2, 0) is 0 Å². The molecular formula is C25H24N2OS. The fourth-order valence-electron chi connectivity index (χ4n) is 3.49. The summed E-state index contributed by atoms with van der Waals surface area (Å²) in [6.07, 6.45) is 0.845. The Balaban J connectivity index is 1.64. The number of hydrogen-bond acceptors (Lipinski definition) is 3. The van der Waals surface area contributed by atoms with Gasteiger partial charge < -0.3 is 5.32 Å². The Bertz CT molecular complexity index is 1090. The van der Waals surface area contributed by atoms with Crippen LogP contribution in [0.25, 0.3) is 0 Å². The number of carbonyl (C=O) groups excluding carboxylic acids is 1. The molecule has 1 N–H and O–H groups in total. The van der Waals surface area contributed by atoms with Gasteiger partial charge in [-0.25, -0.2) is 0 Å². The third-order valence-corrected chi connectivity index (χ3v) is 6.27. The smallest absolute Gasteiger partial charge is 0.251 e. The van der Waals surface area contributed by atoms with Gasteiger partial charge in [0.05, 0.1) is 11.7 Å². The van der Waals surface area contributed by atoms with E-state index in [-0.39, 0.29) is 11.9 Å². The molecule has 0 saturated heterocycles. The first-order chi connectivity index (χ1) is 14.0. The number of hydrogen-bond donors (Lipinski definition) is 1. The zero-order valence-electron chi connectivity index (χ0n) is 16.9. The van der Waals surface area contributed by atoms with Crippen LogP contribution in [0.5, 0.6) is 0 Å². The SMILES string of the molecule is CCC1=Nc2cc(C(=O)N[C@@H](C)c3ccccc3)ccc2Sc2ccc(C)cc21. The Morgan fingerprint density at radius 2 is 1.79 bits per heavy atom. The van der Waals surface area contributed by atoms with Crippen molar-refractivity contribution in [1.82, 2.24) is 5.32 Å². The van der Waals surface area contributed by atoms with Gasteiger partial charge in [0.15, 0.2) is 0 Å². The largest absolute Gasteiger partial charge is 0.346 e. The average Bonchev–Trinajstić information content (AvgIpc) is 2.89. The first kappa shape index (κ1) is 19.5. The van der Waals surface area contributed by atoms with Crippen LogP contribution < -0.4 is 5.32 Å². The normalized spacial score (nSPS) is 13.6. The molecule has 3 aromatic rings. The molecule has 4 heteroatoms. The third-order valence-electron chi connectivity index (χ3n) is 5.12. The topological polar surface area (TPSA) is 41.5 Å². The lowest BCUT2D eigenvalue weighted by atomic mass is 10.0. The minimum Gasteiger partial charge on any atom is -0.346 e. The van der Waals surface area contributed by atoms with Crippen molar-refractivity contribution in [3.8, 4) is 0 Å². The number of benzene rings is 3. The number of fused-ring (bicyclic) bond motifs is 2. The molecule has 0 bridgehead atoms. The monoisotopic (exact) mass is 400 g/mol. The van der Waals surface area contributed by atoms with Crippen LogP contribution in [0, 0.1) is 6.92 Å². The molecule has 1 aliphatic rings. The fraction of sp³-hybridized carbons (Fsp3) is 0.200. The van der Waals surface area contributed by atoms with Crippen molar-refractivity contribution < 1.29 is 4.79 Å². The number of nitrogens with zero attached hydrogens (tertiary/aromatic N) is 1. The van der Waals surface area contributed by atoms with Gasteiger partial charge >= 0.3 is 0 Å². The zero-order chi connectivity index (χ0) is 20.4. The Morgan fingerprint density at radius 1 is 1.03 bits per heavy atom. The standard InChI is InChI=1S/C25H24N2OS/c1-4-21-20-14-16(2)10-12-23(20)29-24-13-11-19(15-22(24)27-21)25(28)26-17(3)18-8-6-5-7-9-18/h5-15,17H,4H2,1-3H3,(H,26,28)/t17-/m0/s1. The van der Waals surface area contributed by atoms with E-state index in [0.29, 0.717) is 5.56 Å². The Hall–Kier alpha value is -2.85. The molecule has 1 atom stereocenters. The van der Waals surface area contributed by atoms with Crippen molar-refractivity contribution in [1.29, 1.82) is 0 Å². The highest BCUT2D eigenvalue weighted by Gasteiger charge is 2.19. The van der Waals surface area contributed by atoms with E-state index in [4.69, 9.17) is 4.99 Å². The number of amides is 1. The van der Waals surface area contributed by atoms with E-state index in [9.17, 15) is 4.79 Å². The Kier molecular flexibility index (Phi) is 5.54. The maximum atomic E-state index is 12.8. The van der Waals surface area contributed by atoms with Crippen LogP contribution >= 0.6 is 11.8 Å². The van der Waals surface area contributed by atoms with Crippen LogP contribution in [0.3, 0.4) is 0 Å². The van der Waals surface area contributed by atoms with Crippen LogP contribution in [0.2, 0.25) is 0 Å². The molecule has 0 unspecified atom stereocenters. The van der Waals surface area contributed by atoms with E-state index in [1.807, 2.05) is 55.5 Å². The van der Waals surface area contributed by atoms with Crippen molar-refractivity contribution in [2.45, 2.75) is 43.0 Å². The van der Waals surface area contributed by atoms with Crippen molar-refractivity contribution >= 4 is 29.1 Å². The third kappa shape index (κ3) is 4.13. The summed E-state index contributed by atoms with van der Waals surface area (Å²) in [4.78, 5) is 20.1. The summed E-state index contributed by atoms with van der Waals surface area (Å²) in [5.41, 5.74) is 6.06. The summed E-state index contributed by atoms with van der Waals surface area (Å²) in [6.45, 7) is 6.23. The van der Waals surface area contributed by atoms with Crippen molar-refractivity contribution in [2.75, 3.05) is 0 Å². The molecular weight excluding hydrogens is 376 g/mol. The minimum absolute atomic E-state index is 0.0566. The Labute approximate surface area is 176 Å². The maximum Gasteiger partial charge on any atom is 0.251 e. The van der Waals surface area contributed by atoms with Gasteiger partial charge in [0.2, 0.25) is 0 Å². The van der Waals surface area contributed by atoms with Gasteiger partial charge in [0.25, 0.3) is 5.91 Å². The van der Waals surface area contributed by atoms with E-state index >= 15 is 0 Å². The van der Waals surface area contributed by atoms with Crippen LogP contribution in [0.15, 0.2) is 81.5 Å². The molecule has 1 amide bonds. The molecule has 0 fully saturated rings. The minimum atomic E-state index is -0.0833. The van der Waals surface area contributed by atoms with Crippen LogP contribution in [-0.4, -0.2) is 11.6 Å². The molecule has 3 aromatic carbocycles. The maximum absolute atomic E-state index is 12.8. The van der Waals surface area contributed by atoms with E-state index in [0.717, 1.165) is 28.3 Å². The summed E-state index contributed by atoms with van der Waals surface area (Å²) < 4.78 is 0. The molecule has 146 valence electrons. The molecule has 4 rings (SSSR count). The fourth-order valence-corrected chi connectivity index (χ4v) is 4.49. The van der Waals surface area contributed by atoms with E-state index in [1.54, 1.807) is 11.8 Å². The lowest BCUT2D eigenvalue weighted by Crippen LogP contribution is -2.26. The van der Waals surface area contributed by atoms with Gasteiger partial charge in [-0.1, -0.05) is 60.6 Å². The molecule has 1 aliphatic heterocycles. The average molecular weight is 401 g/mol. The number of carbonyl (C=O) groups is 1. The van der Waals surface area contributed by atoms with E-state index in [2.05, 4.69) is 37.4 Å². The molecule has 1 heterocycles. The van der Waals surface area contributed by atoms with E-state index < -0.39 is 0 Å². The van der Waals surface area contributed by atoms with Gasteiger partial charge in [-0.15, -0.1) is 0 Å². The lowest BCUT2D eigenvalue weighted by molar-refractivity contribution is 0.0940. The highest BCUT2D eigenvalue weighted by atomic mass is 32.2. The van der Waals surface area contributed by atoms with Crippen molar-refractivity contribution in [3.63, 3.8) is 0 Å². The van der Waals surface area contributed by atoms with Gasteiger partial charge in [-0.3, -0.25) is 9.79 Å². The molecule has 0 aliphatic carbocycles. The second kappa shape index (κ2) is 8.26. The molecule has 3 nitrogen and oxygen atoms in total. The highest BCUT2D eigenvalue weighted by molar-refractivity contribution is 7.99. The van der Waals surface area contributed by atoms with Gasteiger partial charge in [0.1, 0.15) is 0 Å². The second-order valence-electron chi connectivity index (χ2n) is 7.30. The van der Waals surface area contributed by atoms with Crippen LogP contribution in [0.4, 0.5) is 5.69 Å². The van der Waals surface area contributed by atoms with Crippen molar-refractivity contribution in [2.24, 2.45) is 4.99 Å². The van der Waals surface area contributed by atoms with Gasteiger partial charge in [-0.05, 0) is 56.2 Å². The highest BCUT2D eigenvalue weighted by Crippen LogP contribution is 2.41. The molecule has 29 heavy (non-hydrogen) atoms. The first-order valence-corrected chi connectivity index (χ1v) is 10.7. The summed E-state index contributed by atoms with van der Waals surface area (Å²) >= 11 is 1.72. The summed E-state index contributed by atoms with van der Waals surface area (Å²) in [5.74, 6) is -0.0833. The molecule has 0 radical (unpaired) electrons. The first-order valence-electron chi connectivity index (χ1n) is 9.91. The number of aryl methyl sites for hydroxylation is 1. The molecule has 0 aromatic heterocycles. The van der Waals surface area contributed by atoms with Gasteiger partial charge in [-0.2, -0.15) is 0 Å². The number of aliphatic imine (C=N–C) groups is 1. The predicted molar refractivity (Wildman–Crippen MR) is 121 cm³/mol. The van der Waals surface area contributed by atoms with Gasteiger partial charge in [0, 0.05) is 26.6 Å². The lowest BCUT2D eigenvalue weighted by Gasteiger charge is -2.15. The molecule has 0 saturated carbocycles. The number of rotatable bonds is 4. The molecule has 0 spiro atoms. The van der Waals surface area contributed by atoms with E-state index in [1.165, 1.54) is 16.0 Å². The zero-order valence-corrected chi connectivity index (χ0v) is 17.7. The quantitative estimate of drug-likeness (QED) is 0.544. The number of nitrogens with one attached hydrogen (secondary N) is 1. The second-order valence-corrected chi connectivity index (χ2v) is 8.39. The summed E-state index contributed by atoms with van der Waals surface area (Å²) in [6, 6.07) is 22.2. The Morgan fingerprint density at radius 3 is 2.55 bits per heavy atom. The summed E-state index contributed by atoms with van der Waals surface area (Å²) in [7, 11) is 0. The van der Waals surface area contributed by atoms with Crippen molar-refractivity contribution in [3.05, 3.63) is 89.0 Å².